The van der Waals surface area contributed by atoms with E-state index in [1.807, 2.05) is 87.3 Å². The van der Waals surface area contributed by atoms with Crippen molar-refractivity contribution in [2.45, 2.75) is 67.7 Å². The summed E-state index contributed by atoms with van der Waals surface area (Å²) < 4.78 is 26.0. The minimum Gasteiger partial charge on any atom is -0.475 e. The molecule has 0 radical (unpaired) electrons. The molecule has 2 amide bonds. The normalized spacial score (nSPS) is 15.6. The fourth-order valence-corrected chi connectivity index (χ4v) is 10.4. The first kappa shape index (κ1) is 46.1. The maximum atomic E-state index is 14.2. The Kier molecular flexibility index (Phi) is 15.3. The van der Waals surface area contributed by atoms with Gasteiger partial charge in [-0.25, -0.2) is 14.2 Å². The van der Waals surface area contributed by atoms with Gasteiger partial charge in [0, 0.05) is 29.8 Å². The number of hydrogen-bond donors (Lipinski definition) is 1. The van der Waals surface area contributed by atoms with E-state index in [4.69, 9.17) is 14.5 Å². The van der Waals surface area contributed by atoms with Crippen LogP contribution in [0.2, 0.25) is 0 Å². The molecular weight excluding hydrogens is 842 g/mol. The predicted octanol–water partition coefficient (Wildman–Crippen LogP) is 11.0. The predicted molar refractivity (Wildman–Crippen MR) is 256 cm³/mol. The molecule has 1 aliphatic rings. The van der Waals surface area contributed by atoms with Crippen LogP contribution < -0.4 is 10.1 Å². The molecule has 3 atom stereocenters. The topological polar surface area (TPSA) is 97.8 Å². The molecule has 0 bridgehead atoms. The number of thioether (sulfide) groups is 2. The molecule has 1 N–H and O–H groups in total. The Morgan fingerprint density at radius 3 is 1.89 bits per heavy atom. The first-order valence-electron chi connectivity index (χ1n) is 21.5. The molecule has 11 heteroatoms. The largest absolute Gasteiger partial charge is 0.475 e. The van der Waals surface area contributed by atoms with E-state index in [-0.39, 0.29) is 47.2 Å². The molecule has 1 aliphatic heterocycles. The summed E-state index contributed by atoms with van der Waals surface area (Å²) in [5, 5.41) is 2.94. The zero-order valence-electron chi connectivity index (χ0n) is 36.6. The summed E-state index contributed by atoms with van der Waals surface area (Å²) in [6, 6.07) is 48.7. The number of benzene rings is 5. The minimum absolute atomic E-state index is 0.0424. The van der Waals surface area contributed by atoms with Gasteiger partial charge in [-0.2, -0.15) is 11.8 Å². The van der Waals surface area contributed by atoms with Gasteiger partial charge >= 0.3 is 6.09 Å². The van der Waals surface area contributed by atoms with Crippen molar-refractivity contribution in [2.75, 3.05) is 25.2 Å². The van der Waals surface area contributed by atoms with E-state index in [1.54, 1.807) is 40.9 Å². The molecule has 330 valence electrons. The summed E-state index contributed by atoms with van der Waals surface area (Å²) in [6.07, 6.45) is 2.76. The summed E-state index contributed by atoms with van der Waals surface area (Å²) in [5.41, 5.74) is 4.50. The number of carbonyl (C=O) groups excluding carboxylic acids is 3. The van der Waals surface area contributed by atoms with Gasteiger partial charge in [0.05, 0.1) is 28.1 Å². The van der Waals surface area contributed by atoms with Crippen LogP contribution in [0.3, 0.4) is 0 Å². The molecule has 6 aromatic rings. The lowest BCUT2D eigenvalue weighted by molar-refractivity contribution is -0.120. The van der Waals surface area contributed by atoms with Crippen LogP contribution in [-0.2, 0) is 20.7 Å². The molecule has 0 saturated carbocycles. The second kappa shape index (κ2) is 21.2. The van der Waals surface area contributed by atoms with E-state index in [1.165, 1.54) is 12.1 Å². The summed E-state index contributed by atoms with van der Waals surface area (Å²) in [6.45, 7) is 6.07. The van der Waals surface area contributed by atoms with Crippen LogP contribution in [0.25, 0.3) is 11.3 Å². The zero-order chi connectivity index (χ0) is 45.1. The third-order valence-corrected chi connectivity index (χ3v) is 13.4. The van der Waals surface area contributed by atoms with Gasteiger partial charge in [-0.3, -0.25) is 9.59 Å². The number of ether oxygens (including phenoxy) is 2. The number of pyridine rings is 1. The Hall–Kier alpha value is -5.91. The van der Waals surface area contributed by atoms with Crippen LogP contribution >= 0.6 is 23.5 Å². The molecule has 64 heavy (non-hydrogen) atoms. The number of aromatic nitrogens is 1. The first-order chi connectivity index (χ1) is 30.9. The van der Waals surface area contributed by atoms with Crippen LogP contribution in [-0.4, -0.2) is 75.8 Å². The smallest absolute Gasteiger partial charge is 0.410 e. The van der Waals surface area contributed by atoms with Gasteiger partial charge in [-0.05, 0) is 98.2 Å². The summed E-state index contributed by atoms with van der Waals surface area (Å²) in [4.78, 5) is 48.3. The second-order valence-corrected chi connectivity index (χ2v) is 19.3. The van der Waals surface area contributed by atoms with Crippen molar-refractivity contribution in [2.24, 2.45) is 0 Å². The highest BCUT2D eigenvalue weighted by Crippen LogP contribution is 2.52. The molecule has 7 rings (SSSR count). The number of nitrogens with zero attached hydrogens (tertiary/aromatic N) is 2. The van der Waals surface area contributed by atoms with Gasteiger partial charge in [0.1, 0.15) is 18.0 Å². The summed E-state index contributed by atoms with van der Waals surface area (Å²) in [5.74, 6) is -0.106. The van der Waals surface area contributed by atoms with E-state index in [9.17, 15) is 18.8 Å². The van der Waals surface area contributed by atoms with Crippen LogP contribution in [0.15, 0.2) is 158 Å². The highest BCUT2D eigenvalue weighted by Gasteiger charge is 2.45. The van der Waals surface area contributed by atoms with Crippen molar-refractivity contribution in [3.8, 4) is 17.1 Å². The van der Waals surface area contributed by atoms with Crippen molar-refractivity contribution < 1.29 is 28.2 Å². The standard InChI is InChI=1S/C53H54FN3O5S2/c1-52(2,3)62-51(60)57-35-44(64-53(39-19-11-6-12-20-39,40-21-13-7-14-22-40)41-23-15-8-16-24-41)34-43(57)36-61-48-30-29-45(49(56-48)38-25-27-42(54)28-26-38)50(59)55-46(31-32-63-4)47(58)33-37-17-9-5-10-18-37/h5-30,43-44,46H,31-36H2,1-4H3,(H,55,59)/t43-,44-,46-/m0/s1. The van der Waals surface area contributed by atoms with Crippen molar-refractivity contribution in [1.82, 2.24) is 15.2 Å². The molecule has 0 spiro atoms. The number of halogens is 1. The SMILES string of the molecule is CSCC[C@H](NC(=O)c1ccc(OC[C@@H]2C[C@H](SC(c3ccccc3)(c3ccccc3)c3ccccc3)CN2C(=O)OC(C)(C)C)nc1-c1ccc(F)cc1)C(=O)Cc1ccccc1. The number of rotatable bonds is 17. The van der Waals surface area contributed by atoms with E-state index in [0.29, 0.717) is 30.7 Å². The Balaban J connectivity index is 1.18. The fourth-order valence-electron chi connectivity index (χ4n) is 8.05. The molecule has 0 aliphatic carbocycles. The van der Waals surface area contributed by atoms with Crippen molar-refractivity contribution >= 4 is 41.3 Å². The monoisotopic (exact) mass is 895 g/mol. The second-order valence-electron chi connectivity index (χ2n) is 16.8. The van der Waals surface area contributed by atoms with E-state index >= 15 is 0 Å². The lowest BCUT2D eigenvalue weighted by atomic mass is 9.84. The average Bonchev–Trinajstić information content (AvgIpc) is 3.72. The Morgan fingerprint density at radius 2 is 1.34 bits per heavy atom. The number of likely N-dealkylation sites (tertiary alicyclic amines) is 1. The number of Topliss-reactive ketones (excluding diaryl/α,β-unsaturated/α-hetero) is 1. The molecule has 5 aromatic carbocycles. The van der Waals surface area contributed by atoms with Crippen LogP contribution in [0.1, 0.15) is 66.2 Å². The van der Waals surface area contributed by atoms with Gasteiger partial charge in [-0.15, -0.1) is 11.8 Å². The number of nitrogens with one attached hydrogen (secondary N) is 1. The number of ketones is 1. The van der Waals surface area contributed by atoms with Gasteiger partial charge in [-0.1, -0.05) is 121 Å². The van der Waals surface area contributed by atoms with Crippen LogP contribution in [0, 0.1) is 5.82 Å². The average molecular weight is 896 g/mol. The summed E-state index contributed by atoms with van der Waals surface area (Å²) in [7, 11) is 0. The van der Waals surface area contributed by atoms with Gasteiger partial charge < -0.3 is 19.7 Å². The molecule has 0 unspecified atom stereocenters. The van der Waals surface area contributed by atoms with E-state index in [2.05, 4.69) is 78.1 Å². The van der Waals surface area contributed by atoms with Gasteiger partial charge in [0.2, 0.25) is 5.88 Å². The lowest BCUT2D eigenvalue weighted by Crippen LogP contribution is -2.42. The minimum atomic E-state index is -0.728. The highest BCUT2D eigenvalue weighted by atomic mass is 32.2. The van der Waals surface area contributed by atoms with Crippen LogP contribution in [0.4, 0.5) is 9.18 Å². The van der Waals surface area contributed by atoms with E-state index < -0.39 is 34.2 Å². The van der Waals surface area contributed by atoms with Crippen molar-refractivity contribution in [1.29, 1.82) is 0 Å². The quantitative estimate of drug-likeness (QED) is 0.0904. The third-order valence-electron chi connectivity index (χ3n) is 11.1. The fraction of sp³-hybridized carbons (Fsp3) is 0.283. The molecule has 2 heterocycles. The van der Waals surface area contributed by atoms with Crippen LogP contribution in [0.5, 0.6) is 5.88 Å². The van der Waals surface area contributed by atoms with E-state index in [0.717, 1.165) is 22.3 Å². The maximum Gasteiger partial charge on any atom is 0.410 e. The number of hydrogen-bond acceptors (Lipinski definition) is 8. The highest BCUT2D eigenvalue weighted by molar-refractivity contribution is 8.01. The molecule has 1 saturated heterocycles. The Morgan fingerprint density at radius 1 is 0.781 bits per heavy atom. The van der Waals surface area contributed by atoms with Crippen molar-refractivity contribution in [3.63, 3.8) is 0 Å². The zero-order valence-corrected chi connectivity index (χ0v) is 38.2. The Bertz CT molecular complexity index is 2380. The first-order valence-corrected chi connectivity index (χ1v) is 23.8. The number of amides is 2. The van der Waals surface area contributed by atoms with Crippen molar-refractivity contribution in [3.05, 3.63) is 191 Å². The van der Waals surface area contributed by atoms with Gasteiger partial charge in [0.25, 0.3) is 5.91 Å². The summed E-state index contributed by atoms with van der Waals surface area (Å²) >= 11 is 3.42. The number of carbonyl (C=O) groups is 3. The third kappa shape index (κ3) is 11.4. The molecule has 1 fully saturated rings. The maximum absolute atomic E-state index is 14.2. The lowest BCUT2D eigenvalue weighted by Gasteiger charge is -2.37. The molecule has 8 nitrogen and oxygen atoms in total. The molecular formula is C53H54FN3O5S2. The van der Waals surface area contributed by atoms with Gasteiger partial charge in [0.15, 0.2) is 5.78 Å². The molecule has 1 aromatic heterocycles. The Labute approximate surface area is 384 Å².